The lowest BCUT2D eigenvalue weighted by Gasteiger charge is -2.05. The molecule has 0 aliphatic heterocycles. The Morgan fingerprint density at radius 3 is 2.89 bits per heavy atom. The van der Waals surface area contributed by atoms with E-state index < -0.39 is 0 Å². The number of aromatic nitrogens is 2. The smallest absolute Gasteiger partial charge is 0.251 e. The van der Waals surface area contributed by atoms with E-state index in [-0.39, 0.29) is 6.04 Å². The highest BCUT2D eigenvalue weighted by Gasteiger charge is 2.17. The molecule has 0 fully saturated rings. The van der Waals surface area contributed by atoms with E-state index in [0.717, 1.165) is 6.42 Å². The zero-order valence-corrected chi connectivity index (χ0v) is 10.9. The van der Waals surface area contributed by atoms with Gasteiger partial charge in [-0.2, -0.15) is 0 Å². The van der Waals surface area contributed by atoms with Crippen molar-refractivity contribution in [2.45, 2.75) is 19.4 Å². The topological polar surface area (TPSA) is 74.2 Å². The van der Waals surface area contributed by atoms with Crippen LogP contribution < -0.4 is 10.5 Å². The van der Waals surface area contributed by atoms with Crippen LogP contribution in [0.3, 0.4) is 0 Å². The van der Waals surface area contributed by atoms with Crippen LogP contribution in [0.15, 0.2) is 22.6 Å². The number of methoxy groups -OCH3 is 1. The first-order chi connectivity index (χ1) is 8.65. The van der Waals surface area contributed by atoms with Crippen LogP contribution in [0.4, 0.5) is 0 Å². The Labute approximate surface area is 110 Å². The molecule has 1 heterocycles. The highest BCUT2D eigenvalue weighted by Crippen LogP contribution is 2.32. The molecule has 1 unspecified atom stereocenters. The maximum atomic E-state index is 5.95. The lowest BCUT2D eigenvalue weighted by Crippen LogP contribution is -2.08. The van der Waals surface area contributed by atoms with Crippen LogP contribution in [-0.2, 0) is 0 Å². The second kappa shape index (κ2) is 5.37. The zero-order valence-electron chi connectivity index (χ0n) is 10.2. The molecule has 0 saturated heterocycles. The summed E-state index contributed by atoms with van der Waals surface area (Å²) in [6.45, 7) is 1.95. The summed E-state index contributed by atoms with van der Waals surface area (Å²) in [7, 11) is 1.57. The predicted molar refractivity (Wildman–Crippen MR) is 68.5 cm³/mol. The van der Waals surface area contributed by atoms with Gasteiger partial charge >= 0.3 is 0 Å². The van der Waals surface area contributed by atoms with E-state index >= 15 is 0 Å². The number of hydrogen-bond donors (Lipinski definition) is 1. The predicted octanol–water partition coefficient (Wildman–Crippen LogP) is 2.81. The summed E-state index contributed by atoms with van der Waals surface area (Å²) in [5.41, 5.74) is 6.49. The van der Waals surface area contributed by atoms with Gasteiger partial charge in [-0.1, -0.05) is 18.5 Å². The molecular formula is C12H14ClN3O2. The number of nitrogens with zero attached hydrogens (tertiary/aromatic N) is 2. The van der Waals surface area contributed by atoms with E-state index in [1.165, 1.54) is 0 Å². The van der Waals surface area contributed by atoms with Crippen molar-refractivity contribution < 1.29 is 9.15 Å². The van der Waals surface area contributed by atoms with Crippen molar-refractivity contribution in [2.75, 3.05) is 7.11 Å². The van der Waals surface area contributed by atoms with E-state index in [1.807, 2.05) is 6.92 Å². The second-order valence-electron chi connectivity index (χ2n) is 3.80. The van der Waals surface area contributed by atoms with Crippen molar-refractivity contribution in [1.29, 1.82) is 0 Å². The van der Waals surface area contributed by atoms with Crippen LogP contribution in [0.5, 0.6) is 5.75 Å². The number of halogens is 1. The van der Waals surface area contributed by atoms with E-state index in [9.17, 15) is 0 Å². The van der Waals surface area contributed by atoms with Gasteiger partial charge in [0.25, 0.3) is 5.89 Å². The van der Waals surface area contributed by atoms with Crippen molar-refractivity contribution in [2.24, 2.45) is 5.73 Å². The number of benzene rings is 1. The van der Waals surface area contributed by atoms with Gasteiger partial charge in [0.05, 0.1) is 18.7 Å². The van der Waals surface area contributed by atoms with E-state index in [1.54, 1.807) is 25.3 Å². The molecule has 5 nitrogen and oxygen atoms in total. The molecule has 0 amide bonds. The van der Waals surface area contributed by atoms with Crippen LogP contribution >= 0.6 is 11.6 Å². The number of rotatable bonds is 4. The summed E-state index contributed by atoms with van der Waals surface area (Å²) in [4.78, 5) is 0. The molecule has 2 aromatic rings. The van der Waals surface area contributed by atoms with Crippen LogP contribution in [0.25, 0.3) is 11.5 Å². The van der Waals surface area contributed by atoms with Gasteiger partial charge in [-0.3, -0.25) is 0 Å². The molecule has 1 aromatic carbocycles. The minimum absolute atomic E-state index is 0.253. The number of hydrogen-bond acceptors (Lipinski definition) is 5. The fourth-order valence-electron chi connectivity index (χ4n) is 1.52. The third-order valence-electron chi connectivity index (χ3n) is 2.59. The average Bonchev–Trinajstić information content (AvgIpc) is 2.87. The van der Waals surface area contributed by atoms with Gasteiger partial charge in [0.15, 0.2) is 0 Å². The van der Waals surface area contributed by atoms with E-state index in [0.29, 0.717) is 28.1 Å². The molecule has 1 atom stereocenters. The zero-order chi connectivity index (χ0) is 13.1. The molecule has 0 bridgehead atoms. The molecule has 2 N–H and O–H groups in total. The molecule has 18 heavy (non-hydrogen) atoms. The normalized spacial score (nSPS) is 12.4. The largest absolute Gasteiger partial charge is 0.496 e. The highest BCUT2D eigenvalue weighted by atomic mass is 35.5. The minimum Gasteiger partial charge on any atom is -0.496 e. The van der Waals surface area contributed by atoms with Crippen LogP contribution in [0, 0.1) is 0 Å². The van der Waals surface area contributed by atoms with Crippen molar-refractivity contribution in [3.8, 4) is 17.2 Å². The van der Waals surface area contributed by atoms with Crippen molar-refractivity contribution in [3.63, 3.8) is 0 Å². The van der Waals surface area contributed by atoms with Crippen molar-refractivity contribution in [3.05, 3.63) is 29.1 Å². The van der Waals surface area contributed by atoms with Gasteiger partial charge < -0.3 is 14.9 Å². The molecule has 0 saturated carbocycles. The molecule has 0 aliphatic carbocycles. The monoisotopic (exact) mass is 267 g/mol. The number of ether oxygens (including phenoxy) is 1. The summed E-state index contributed by atoms with van der Waals surface area (Å²) in [5, 5.41) is 8.47. The molecule has 0 spiro atoms. The quantitative estimate of drug-likeness (QED) is 0.922. The van der Waals surface area contributed by atoms with Crippen molar-refractivity contribution in [1.82, 2.24) is 10.2 Å². The summed E-state index contributed by atoms with van der Waals surface area (Å²) in [5.74, 6) is 1.39. The van der Waals surface area contributed by atoms with Crippen LogP contribution in [0.2, 0.25) is 5.02 Å². The van der Waals surface area contributed by atoms with Gasteiger partial charge in [0.2, 0.25) is 5.89 Å². The van der Waals surface area contributed by atoms with E-state index in [4.69, 9.17) is 26.5 Å². The first-order valence-electron chi connectivity index (χ1n) is 5.58. The first kappa shape index (κ1) is 12.9. The summed E-state index contributed by atoms with van der Waals surface area (Å²) in [6.07, 6.45) is 0.730. The molecule has 0 aliphatic rings. The molecular weight excluding hydrogens is 254 g/mol. The van der Waals surface area contributed by atoms with Gasteiger partial charge in [-0.15, -0.1) is 10.2 Å². The second-order valence-corrected chi connectivity index (χ2v) is 4.24. The van der Waals surface area contributed by atoms with Gasteiger partial charge in [-0.05, 0) is 24.6 Å². The molecule has 1 aromatic heterocycles. The Balaban J connectivity index is 2.42. The Morgan fingerprint density at radius 2 is 2.22 bits per heavy atom. The van der Waals surface area contributed by atoms with Crippen molar-refractivity contribution >= 4 is 11.6 Å². The maximum absolute atomic E-state index is 5.95. The Kier molecular flexibility index (Phi) is 3.84. The summed E-state index contributed by atoms with van der Waals surface area (Å²) >= 11 is 5.95. The fraction of sp³-hybridized carbons (Fsp3) is 0.333. The molecule has 0 radical (unpaired) electrons. The number of nitrogens with two attached hydrogens (primary N) is 1. The minimum atomic E-state index is -0.253. The van der Waals surface area contributed by atoms with Crippen LogP contribution in [0.1, 0.15) is 25.3 Å². The standard InChI is InChI=1S/C12H14ClN3O2/c1-3-9(14)12-16-15-11(18-12)8-6-7(13)4-5-10(8)17-2/h4-6,9H,3,14H2,1-2H3. The summed E-state index contributed by atoms with van der Waals surface area (Å²) < 4.78 is 10.8. The third kappa shape index (κ3) is 2.47. The average molecular weight is 268 g/mol. The third-order valence-corrected chi connectivity index (χ3v) is 2.82. The van der Waals surface area contributed by atoms with E-state index in [2.05, 4.69) is 10.2 Å². The maximum Gasteiger partial charge on any atom is 0.251 e. The lowest BCUT2D eigenvalue weighted by atomic mass is 10.2. The van der Waals surface area contributed by atoms with Gasteiger partial charge in [-0.25, -0.2) is 0 Å². The molecule has 96 valence electrons. The van der Waals surface area contributed by atoms with Gasteiger partial charge in [0.1, 0.15) is 5.75 Å². The van der Waals surface area contributed by atoms with Gasteiger partial charge in [0, 0.05) is 5.02 Å². The Morgan fingerprint density at radius 1 is 1.44 bits per heavy atom. The highest BCUT2D eigenvalue weighted by molar-refractivity contribution is 6.30. The fourth-order valence-corrected chi connectivity index (χ4v) is 1.69. The Hall–Kier alpha value is -1.59. The summed E-state index contributed by atoms with van der Waals surface area (Å²) in [6, 6.07) is 4.95. The first-order valence-corrected chi connectivity index (χ1v) is 5.96. The molecule has 6 heteroatoms. The van der Waals surface area contributed by atoms with Crippen LogP contribution in [-0.4, -0.2) is 17.3 Å². The SMILES string of the molecule is CCC(N)c1nnc(-c2cc(Cl)ccc2OC)o1. The molecule has 2 rings (SSSR count). The lowest BCUT2D eigenvalue weighted by molar-refractivity contribution is 0.411. The Bertz CT molecular complexity index is 542.